The number of nitrogens with one attached hydrogen (secondary N) is 2. The molecule has 290 valence electrons. The molecule has 3 aromatic heterocycles. The van der Waals surface area contributed by atoms with Crippen LogP contribution in [0.2, 0.25) is 0 Å². The average Bonchev–Trinajstić information content (AvgIpc) is 3.91. The number of fused-ring (bicyclic) bond motifs is 2. The van der Waals surface area contributed by atoms with Crippen LogP contribution in [0.25, 0.3) is 21.9 Å². The summed E-state index contributed by atoms with van der Waals surface area (Å²) in [4.78, 5) is 59.8. The van der Waals surface area contributed by atoms with Gasteiger partial charge in [-0.1, -0.05) is 6.07 Å². The summed E-state index contributed by atoms with van der Waals surface area (Å²) in [6, 6.07) is 9.76. The first kappa shape index (κ1) is 37.1. The monoisotopic (exact) mass is 767 g/mol. The van der Waals surface area contributed by atoms with Gasteiger partial charge in [-0.15, -0.1) is 11.3 Å². The van der Waals surface area contributed by atoms with Gasteiger partial charge in [0, 0.05) is 73.6 Å². The Kier molecular flexibility index (Phi) is 9.88. The third kappa shape index (κ3) is 7.20. The number of aryl methyl sites for hydroxylation is 1. The topological polar surface area (TPSA) is 160 Å². The van der Waals surface area contributed by atoms with Gasteiger partial charge in [-0.2, -0.15) is 5.10 Å². The summed E-state index contributed by atoms with van der Waals surface area (Å²) in [6.45, 7) is 6.22. The third-order valence-electron chi connectivity index (χ3n) is 12.0. The lowest BCUT2D eigenvalue weighted by Gasteiger charge is -2.40. The fourth-order valence-corrected chi connectivity index (χ4v) is 9.53. The number of amides is 3. The van der Waals surface area contributed by atoms with Crippen LogP contribution in [0.15, 0.2) is 52.9 Å². The number of para-hydroxylation sites is 1. The zero-order chi connectivity index (χ0) is 38.6. The summed E-state index contributed by atoms with van der Waals surface area (Å²) in [5.41, 5.74) is 3.08. The minimum atomic E-state index is -1.18. The molecule has 3 amide bonds. The molecule has 2 aromatic carbocycles. The highest BCUT2D eigenvalue weighted by Gasteiger charge is 2.33. The van der Waals surface area contributed by atoms with Crippen molar-refractivity contribution < 1.29 is 19.5 Å². The number of thiazole rings is 1. The number of imide groups is 1. The van der Waals surface area contributed by atoms with Crippen LogP contribution in [0.1, 0.15) is 92.7 Å². The van der Waals surface area contributed by atoms with Gasteiger partial charge in [-0.3, -0.25) is 33.5 Å². The summed E-state index contributed by atoms with van der Waals surface area (Å²) >= 11 is 1.27. The van der Waals surface area contributed by atoms with Gasteiger partial charge in [0.25, 0.3) is 5.91 Å². The van der Waals surface area contributed by atoms with E-state index in [1.165, 1.54) is 11.3 Å². The van der Waals surface area contributed by atoms with E-state index in [0.29, 0.717) is 40.7 Å². The number of benzene rings is 2. The van der Waals surface area contributed by atoms with Crippen molar-refractivity contribution in [2.45, 2.75) is 88.9 Å². The number of hydrogen-bond donors (Lipinski definition) is 3. The standard InChI is InChI=1S/C40H49N9O5S/c1-40(2,54)28-21-29-25(20-30(28)42-37(52)38-41-16-19-55-38)23-48(44-29)27-10-8-24(9-11-27)22-45(3)26-14-17-47(18-15-26)31-6-5-7-32-35(31)46(4)39(53)49(32)33-12-13-34(50)43-36(33)51/h5-7,16,19-21,23-24,26-27,33,54H,8-15,17-18,22H2,1-4H3,(H,42,52)(H,43,50,51)/t24-,27-,33?. The Labute approximate surface area is 323 Å². The molecule has 5 aromatic rings. The van der Waals surface area contributed by atoms with E-state index in [-0.39, 0.29) is 23.9 Å². The van der Waals surface area contributed by atoms with Crippen LogP contribution >= 0.6 is 11.3 Å². The lowest BCUT2D eigenvalue weighted by atomic mass is 9.85. The van der Waals surface area contributed by atoms with Crippen molar-refractivity contribution in [2.24, 2.45) is 13.0 Å². The fourth-order valence-electron chi connectivity index (χ4n) is 9.00. The van der Waals surface area contributed by atoms with Crippen molar-refractivity contribution in [2.75, 3.05) is 36.9 Å². The summed E-state index contributed by atoms with van der Waals surface area (Å²) < 4.78 is 5.28. The van der Waals surface area contributed by atoms with E-state index >= 15 is 0 Å². The van der Waals surface area contributed by atoms with Gasteiger partial charge in [0.15, 0.2) is 5.01 Å². The Morgan fingerprint density at radius 2 is 1.84 bits per heavy atom. The molecule has 55 heavy (non-hydrogen) atoms. The molecule has 1 unspecified atom stereocenters. The van der Waals surface area contributed by atoms with E-state index in [2.05, 4.69) is 49.4 Å². The number of piperidine rings is 2. The van der Waals surface area contributed by atoms with Crippen molar-refractivity contribution in [1.29, 1.82) is 0 Å². The Morgan fingerprint density at radius 1 is 1.07 bits per heavy atom. The second-order valence-corrected chi connectivity index (χ2v) is 17.0. The molecule has 15 heteroatoms. The zero-order valence-electron chi connectivity index (χ0n) is 31.8. The van der Waals surface area contributed by atoms with Crippen molar-refractivity contribution in [3.8, 4) is 0 Å². The smallest absolute Gasteiger partial charge is 0.329 e. The number of anilines is 2. The van der Waals surface area contributed by atoms with E-state index in [4.69, 9.17) is 5.10 Å². The number of hydrogen-bond acceptors (Lipinski definition) is 10. The first-order valence-corrected chi connectivity index (χ1v) is 20.2. The molecular weight excluding hydrogens is 719 g/mol. The molecule has 3 N–H and O–H groups in total. The van der Waals surface area contributed by atoms with Crippen LogP contribution in [-0.4, -0.2) is 84.4 Å². The number of carbonyl (C=O) groups is 3. The molecule has 0 spiro atoms. The second-order valence-electron chi connectivity index (χ2n) is 16.1. The molecule has 8 rings (SSSR count). The number of carbonyl (C=O) groups excluding carboxylic acids is 3. The van der Waals surface area contributed by atoms with Crippen LogP contribution in [0.3, 0.4) is 0 Å². The predicted octanol–water partition coefficient (Wildman–Crippen LogP) is 4.94. The highest BCUT2D eigenvalue weighted by molar-refractivity contribution is 7.11. The molecule has 0 radical (unpaired) electrons. The maximum absolute atomic E-state index is 13.5. The number of rotatable bonds is 9. The normalized spacial score (nSPS) is 21.5. The van der Waals surface area contributed by atoms with Crippen LogP contribution in [0.5, 0.6) is 0 Å². The van der Waals surface area contributed by atoms with E-state index in [1.54, 1.807) is 41.6 Å². The van der Waals surface area contributed by atoms with Gasteiger partial charge in [0.05, 0.1) is 33.9 Å². The summed E-state index contributed by atoms with van der Waals surface area (Å²) in [5, 5.41) is 24.3. The Hall–Kier alpha value is -4.86. The van der Waals surface area contributed by atoms with Gasteiger partial charge < -0.3 is 20.2 Å². The maximum atomic E-state index is 13.5. The molecule has 14 nitrogen and oxygen atoms in total. The Morgan fingerprint density at radius 3 is 2.53 bits per heavy atom. The molecule has 2 aliphatic heterocycles. The fraction of sp³-hybridized carbons (Fsp3) is 0.500. The van der Waals surface area contributed by atoms with Gasteiger partial charge in [0.2, 0.25) is 11.8 Å². The van der Waals surface area contributed by atoms with Crippen LogP contribution in [0, 0.1) is 5.92 Å². The van der Waals surface area contributed by atoms with E-state index < -0.39 is 17.6 Å². The molecule has 1 atom stereocenters. The number of imidazole rings is 1. The quantitative estimate of drug-likeness (QED) is 0.177. The molecule has 2 saturated heterocycles. The van der Waals surface area contributed by atoms with E-state index in [9.17, 15) is 24.3 Å². The minimum absolute atomic E-state index is 0.216. The van der Waals surface area contributed by atoms with Gasteiger partial charge in [0.1, 0.15) is 6.04 Å². The number of aliphatic hydroxyl groups is 1. The van der Waals surface area contributed by atoms with Crippen LogP contribution in [-0.2, 0) is 22.2 Å². The van der Waals surface area contributed by atoms with E-state index in [1.807, 2.05) is 24.3 Å². The van der Waals surface area contributed by atoms with Gasteiger partial charge in [-0.25, -0.2) is 9.78 Å². The molecule has 3 aliphatic rings. The van der Waals surface area contributed by atoms with Gasteiger partial charge >= 0.3 is 5.69 Å². The number of aromatic nitrogens is 5. The first-order chi connectivity index (χ1) is 26.4. The molecule has 3 fully saturated rings. The second kappa shape index (κ2) is 14.7. The van der Waals surface area contributed by atoms with E-state index in [0.717, 1.165) is 85.8 Å². The molecule has 0 bridgehead atoms. The predicted molar refractivity (Wildman–Crippen MR) is 213 cm³/mol. The molecule has 1 aliphatic carbocycles. The number of nitrogens with zero attached hydrogens (tertiary/aromatic N) is 7. The molecule has 1 saturated carbocycles. The summed E-state index contributed by atoms with van der Waals surface area (Å²) in [7, 11) is 4.01. The molecular formula is C40H49N9O5S. The SMILES string of the molecule is CN(C[C@H]1CC[C@H](n2cc3cc(NC(=O)c4nccs4)c(C(C)(C)O)cc3n2)CC1)C1CCN(c2cccc3c2n(C)c(=O)n3C2CCC(=O)NC2=O)CC1. The Balaban J connectivity index is 0.882. The minimum Gasteiger partial charge on any atom is -0.386 e. The van der Waals surface area contributed by atoms with Crippen molar-refractivity contribution in [3.05, 3.63) is 69.2 Å². The Bertz CT molecular complexity index is 2300. The zero-order valence-corrected chi connectivity index (χ0v) is 32.6. The van der Waals surface area contributed by atoms with Crippen LogP contribution < -0.4 is 21.2 Å². The van der Waals surface area contributed by atoms with Crippen molar-refractivity contribution in [3.63, 3.8) is 0 Å². The van der Waals surface area contributed by atoms with Crippen molar-refractivity contribution in [1.82, 2.24) is 34.1 Å². The highest BCUT2D eigenvalue weighted by Crippen LogP contribution is 2.37. The average molecular weight is 768 g/mol. The van der Waals surface area contributed by atoms with Crippen LogP contribution in [0.4, 0.5) is 11.4 Å². The first-order valence-electron chi connectivity index (χ1n) is 19.3. The lowest BCUT2D eigenvalue weighted by Crippen LogP contribution is -2.45. The lowest BCUT2D eigenvalue weighted by molar-refractivity contribution is -0.135. The maximum Gasteiger partial charge on any atom is 0.329 e. The van der Waals surface area contributed by atoms with Gasteiger partial charge in [-0.05, 0) is 96.0 Å². The van der Waals surface area contributed by atoms with Crippen molar-refractivity contribution >= 4 is 62.4 Å². The third-order valence-corrected chi connectivity index (χ3v) is 12.7. The molecule has 5 heterocycles. The summed E-state index contributed by atoms with van der Waals surface area (Å²) in [6.07, 6.45) is 10.5. The largest absolute Gasteiger partial charge is 0.386 e. The highest BCUT2D eigenvalue weighted by atomic mass is 32.1. The summed E-state index contributed by atoms with van der Waals surface area (Å²) in [5.74, 6) is -0.412.